The number of aromatic amines is 1. The van der Waals surface area contributed by atoms with Crippen LogP contribution in [0.25, 0.3) is 33.5 Å². The summed E-state index contributed by atoms with van der Waals surface area (Å²) in [5.74, 6) is -2.07. The van der Waals surface area contributed by atoms with Crippen LogP contribution in [-0.4, -0.2) is 87.1 Å². The van der Waals surface area contributed by atoms with Gasteiger partial charge in [0, 0.05) is 61.1 Å². The lowest BCUT2D eigenvalue weighted by molar-refractivity contribution is -0.00759. The number of rotatable bonds is 8. The number of halogens is 4. The average molecular weight is 715 g/mol. The van der Waals surface area contributed by atoms with Gasteiger partial charge in [-0.1, -0.05) is 6.07 Å². The number of carbonyl (C=O) groups is 1. The van der Waals surface area contributed by atoms with Crippen molar-refractivity contribution < 1.29 is 32.2 Å². The van der Waals surface area contributed by atoms with E-state index in [1.807, 2.05) is 36.9 Å². The molecule has 5 aromatic rings. The molecule has 8 rings (SSSR count). The summed E-state index contributed by atoms with van der Waals surface area (Å²) in [5.41, 5.74) is 3.80. The van der Waals surface area contributed by atoms with Crippen LogP contribution in [0.5, 0.6) is 11.5 Å². The summed E-state index contributed by atoms with van der Waals surface area (Å²) in [5, 5.41) is 12.2. The van der Waals surface area contributed by atoms with E-state index >= 15 is 8.78 Å². The minimum atomic E-state index is -2.36. The molecule has 0 radical (unpaired) electrons. The van der Waals surface area contributed by atoms with Crippen molar-refractivity contribution in [3.8, 4) is 34.0 Å². The first kappa shape index (κ1) is 34.1. The summed E-state index contributed by atoms with van der Waals surface area (Å²) in [6.07, 6.45) is 2.88. The third-order valence-electron chi connectivity index (χ3n) is 10.4. The largest absolute Gasteiger partial charge is 0.505 e. The molecule has 13 heteroatoms. The van der Waals surface area contributed by atoms with Gasteiger partial charge in [-0.05, 0) is 85.7 Å². The standard InChI is InChI=1S/C39H38F4N6O3/c1-21-17-47(18-22(2)49(21)20-35(42)43)19-23-3-6-31(45-16-23)32-15-29-27(7-8-44-38(29)46-32)28-13-26(40)14-33(37(28)50)48-9-10-52-34-12-25(24-4-5-24)11-30(41)36(34)39(48)51/h3,6-8,11-16,21-22,24,35,50H,4-5,9-10,17-20H2,1-2H3,(H,44,46). The van der Waals surface area contributed by atoms with Crippen LogP contribution in [0, 0.1) is 11.6 Å². The van der Waals surface area contributed by atoms with E-state index in [4.69, 9.17) is 4.74 Å². The third-order valence-corrected chi connectivity index (χ3v) is 10.4. The number of alkyl halides is 2. The number of hydrogen-bond acceptors (Lipinski definition) is 7. The van der Waals surface area contributed by atoms with Gasteiger partial charge in [0.25, 0.3) is 12.3 Å². The minimum Gasteiger partial charge on any atom is -0.505 e. The maximum absolute atomic E-state index is 15.4. The van der Waals surface area contributed by atoms with Crippen LogP contribution in [0.2, 0.25) is 0 Å². The highest BCUT2D eigenvalue weighted by Gasteiger charge is 2.34. The smallest absolute Gasteiger partial charge is 0.265 e. The van der Waals surface area contributed by atoms with E-state index in [1.165, 1.54) is 18.3 Å². The number of phenols is 1. The van der Waals surface area contributed by atoms with Gasteiger partial charge in [-0.25, -0.2) is 22.5 Å². The summed E-state index contributed by atoms with van der Waals surface area (Å²) in [7, 11) is 0. The fourth-order valence-electron chi connectivity index (χ4n) is 7.73. The number of ether oxygens (including phenoxy) is 1. The van der Waals surface area contributed by atoms with Crippen molar-refractivity contribution in [1.82, 2.24) is 24.8 Å². The first-order valence-corrected chi connectivity index (χ1v) is 17.5. The van der Waals surface area contributed by atoms with E-state index in [0.717, 1.165) is 34.9 Å². The number of H-pyrrole nitrogens is 1. The lowest BCUT2D eigenvalue weighted by Gasteiger charge is -2.44. The molecular weight excluding hydrogens is 676 g/mol. The van der Waals surface area contributed by atoms with Gasteiger partial charge in [-0.2, -0.15) is 0 Å². The number of nitrogens with zero attached hydrogens (tertiary/aromatic N) is 5. The molecule has 2 atom stereocenters. The van der Waals surface area contributed by atoms with Gasteiger partial charge in [0.15, 0.2) is 0 Å². The molecule has 1 aliphatic carbocycles. The van der Waals surface area contributed by atoms with Crippen LogP contribution in [-0.2, 0) is 6.54 Å². The second-order valence-corrected chi connectivity index (χ2v) is 14.1. The SMILES string of the molecule is CC1CN(Cc2ccc(-c3cc4c(-c5cc(F)cc(N6CCOc7cc(C8CC8)cc(F)c7C6=O)c5O)ccnc4[nH]3)nc2)CC(C)N1CC(F)F. The normalized spacial score (nSPS) is 20.0. The molecule has 2 fully saturated rings. The van der Waals surface area contributed by atoms with Crippen LogP contribution in [0.15, 0.2) is 60.9 Å². The maximum atomic E-state index is 15.4. The van der Waals surface area contributed by atoms with Crippen molar-refractivity contribution in [2.75, 3.05) is 37.7 Å². The van der Waals surface area contributed by atoms with E-state index in [9.17, 15) is 18.7 Å². The van der Waals surface area contributed by atoms with E-state index in [2.05, 4.69) is 19.9 Å². The Labute approximate surface area is 297 Å². The Bertz CT molecular complexity index is 2140. The number of fused-ring (bicyclic) bond motifs is 2. The number of anilines is 1. The molecule has 1 saturated heterocycles. The summed E-state index contributed by atoms with van der Waals surface area (Å²) < 4.78 is 62.7. The molecule has 52 heavy (non-hydrogen) atoms. The maximum Gasteiger partial charge on any atom is 0.265 e. The van der Waals surface area contributed by atoms with Gasteiger partial charge >= 0.3 is 0 Å². The number of amides is 1. The molecule has 3 aromatic heterocycles. The second kappa shape index (κ2) is 13.5. The van der Waals surface area contributed by atoms with Crippen molar-refractivity contribution >= 4 is 22.6 Å². The number of carbonyl (C=O) groups excluding carboxylic acids is 1. The number of hydrogen-bond donors (Lipinski definition) is 2. The number of phenolic OH excluding ortho intramolecular Hbond substituents is 1. The average Bonchev–Trinajstić information content (AvgIpc) is 3.89. The molecule has 3 aliphatic rings. The zero-order chi connectivity index (χ0) is 36.3. The predicted molar refractivity (Wildman–Crippen MR) is 189 cm³/mol. The Kier molecular flexibility index (Phi) is 8.86. The van der Waals surface area contributed by atoms with Crippen molar-refractivity contribution in [3.05, 3.63) is 89.2 Å². The van der Waals surface area contributed by atoms with Gasteiger partial charge in [-0.3, -0.25) is 19.6 Å². The fraction of sp³-hybridized carbons (Fsp3) is 0.359. The number of nitrogens with one attached hydrogen (secondary N) is 1. The summed E-state index contributed by atoms with van der Waals surface area (Å²) in [6.45, 7) is 5.71. The van der Waals surface area contributed by atoms with Crippen LogP contribution >= 0.6 is 0 Å². The molecule has 1 saturated carbocycles. The Morgan fingerprint density at radius 3 is 2.50 bits per heavy atom. The highest BCUT2D eigenvalue weighted by Crippen LogP contribution is 2.45. The molecule has 2 unspecified atom stereocenters. The predicted octanol–water partition coefficient (Wildman–Crippen LogP) is 7.35. The van der Waals surface area contributed by atoms with Crippen LogP contribution in [0.1, 0.15) is 54.1 Å². The van der Waals surface area contributed by atoms with E-state index in [-0.39, 0.29) is 66.0 Å². The number of aromatic nitrogens is 3. The molecule has 9 nitrogen and oxygen atoms in total. The molecular formula is C39H38F4N6O3. The minimum absolute atomic E-state index is 0.00495. The lowest BCUT2D eigenvalue weighted by Crippen LogP contribution is -2.57. The molecule has 2 aliphatic heterocycles. The van der Waals surface area contributed by atoms with Crippen molar-refractivity contribution in [3.63, 3.8) is 0 Å². The lowest BCUT2D eigenvalue weighted by atomic mass is 10.00. The Morgan fingerprint density at radius 1 is 1.00 bits per heavy atom. The fourth-order valence-corrected chi connectivity index (χ4v) is 7.73. The first-order valence-electron chi connectivity index (χ1n) is 17.5. The highest BCUT2D eigenvalue weighted by atomic mass is 19.3. The van der Waals surface area contributed by atoms with Gasteiger partial charge in [0.1, 0.15) is 41.0 Å². The Balaban J connectivity index is 1.06. The first-order chi connectivity index (χ1) is 25.0. The third kappa shape index (κ3) is 6.47. The van der Waals surface area contributed by atoms with Gasteiger partial charge < -0.3 is 19.7 Å². The molecule has 2 aromatic carbocycles. The number of pyridine rings is 2. The topological polar surface area (TPSA) is 97.8 Å². The summed E-state index contributed by atoms with van der Waals surface area (Å²) >= 11 is 0. The van der Waals surface area contributed by atoms with E-state index in [0.29, 0.717) is 47.6 Å². The Hall–Kier alpha value is -5.01. The molecule has 0 bridgehead atoms. The van der Waals surface area contributed by atoms with Gasteiger partial charge in [0.2, 0.25) is 0 Å². The summed E-state index contributed by atoms with van der Waals surface area (Å²) in [4.78, 5) is 31.4. The molecule has 270 valence electrons. The quantitative estimate of drug-likeness (QED) is 0.162. The van der Waals surface area contributed by atoms with Crippen molar-refractivity contribution in [2.24, 2.45) is 0 Å². The van der Waals surface area contributed by atoms with E-state index < -0.39 is 24.0 Å². The monoisotopic (exact) mass is 714 g/mol. The Morgan fingerprint density at radius 2 is 1.79 bits per heavy atom. The molecule has 5 heterocycles. The number of benzene rings is 2. The van der Waals surface area contributed by atoms with Crippen molar-refractivity contribution in [1.29, 1.82) is 0 Å². The van der Waals surface area contributed by atoms with Gasteiger partial charge in [-0.15, -0.1) is 0 Å². The van der Waals surface area contributed by atoms with Crippen LogP contribution in [0.4, 0.5) is 23.2 Å². The summed E-state index contributed by atoms with van der Waals surface area (Å²) in [6, 6.07) is 12.7. The van der Waals surface area contributed by atoms with Crippen molar-refractivity contribution in [2.45, 2.75) is 57.7 Å². The molecule has 1 amide bonds. The van der Waals surface area contributed by atoms with E-state index in [1.54, 1.807) is 18.3 Å². The van der Waals surface area contributed by atoms with Crippen LogP contribution < -0.4 is 9.64 Å². The number of aromatic hydroxyl groups is 1. The molecule has 0 spiro atoms. The highest BCUT2D eigenvalue weighted by molar-refractivity contribution is 6.10. The van der Waals surface area contributed by atoms with Gasteiger partial charge in [0.05, 0.1) is 30.2 Å². The molecule has 2 N–H and O–H groups in total. The second-order valence-electron chi connectivity index (χ2n) is 14.1. The van der Waals surface area contributed by atoms with Crippen LogP contribution in [0.3, 0.4) is 0 Å². The zero-order valence-electron chi connectivity index (χ0n) is 28.8. The number of piperazine rings is 1. The zero-order valence-corrected chi connectivity index (χ0v) is 28.8.